The number of halogens is 1. The van der Waals surface area contributed by atoms with Gasteiger partial charge in [0.05, 0.1) is 0 Å². The van der Waals surface area contributed by atoms with Crippen LogP contribution in [0, 0.1) is 0 Å². The van der Waals surface area contributed by atoms with E-state index in [1.165, 1.54) is 21.9 Å². The molecule has 0 aromatic heterocycles. The Kier molecular flexibility index (Phi) is 4.40. The smallest absolute Gasteiger partial charge is 0.0469 e. The molecule has 2 atom stereocenters. The van der Waals surface area contributed by atoms with E-state index in [1.54, 1.807) is 0 Å². The zero-order valence-electron chi connectivity index (χ0n) is 12.2. The topological polar surface area (TPSA) is 0 Å². The minimum absolute atomic E-state index is 0.330. The highest BCUT2D eigenvalue weighted by Crippen LogP contribution is 2.42. The molecule has 0 amide bonds. The van der Waals surface area contributed by atoms with Gasteiger partial charge in [-0.05, 0) is 28.3 Å². The molecule has 3 aromatic rings. The van der Waals surface area contributed by atoms with Gasteiger partial charge in [-0.2, -0.15) is 0 Å². The van der Waals surface area contributed by atoms with Crippen LogP contribution >= 0.6 is 15.9 Å². The van der Waals surface area contributed by atoms with Gasteiger partial charge >= 0.3 is 0 Å². The molecule has 0 spiro atoms. The normalized spacial score (nSPS) is 14.0. The first-order valence-electron chi connectivity index (χ1n) is 7.48. The third-order valence-electron chi connectivity index (χ3n) is 4.14. The summed E-state index contributed by atoms with van der Waals surface area (Å²) in [6, 6.07) is 26.0. The molecule has 0 fully saturated rings. The summed E-state index contributed by atoms with van der Waals surface area (Å²) in [7, 11) is 0. The van der Waals surface area contributed by atoms with Crippen LogP contribution in [0.4, 0.5) is 0 Å². The van der Waals surface area contributed by atoms with E-state index in [1.807, 2.05) is 0 Å². The van der Waals surface area contributed by atoms with E-state index in [2.05, 4.69) is 95.7 Å². The third-order valence-corrected chi connectivity index (χ3v) is 5.27. The lowest BCUT2D eigenvalue weighted by atomic mass is 9.88. The SMILES string of the molecule is CCC(c1ccccc1)C(Br)c1cccc2ccccc12. The Labute approximate surface area is 134 Å². The molecule has 0 N–H and O–H groups in total. The molecular formula is C20H19Br. The van der Waals surface area contributed by atoms with Crippen LogP contribution in [0.25, 0.3) is 10.8 Å². The van der Waals surface area contributed by atoms with Gasteiger partial charge in [0.25, 0.3) is 0 Å². The van der Waals surface area contributed by atoms with E-state index in [0.717, 1.165) is 6.42 Å². The van der Waals surface area contributed by atoms with Crippen LogP contribution in [-0.4, -0.2) is 0 Å². The molecule has 0 nitrogen and oxygen atoms in total. The van der Waals surface area contributed by atoms with Crippen molar-refractivity contribution in [1.29, 1.82) is 0 Å². The maximum atomic E-state index is 3.97. The fraction of sp³-hybridized carbons (Fsp3) is 0.200. The Bertz CT molecular complexity index is 713. The van der Waals surface area contributed by atoms with E-state index >= 15 is 0 Å². The average molecular weight is 339 g/mol. The van der Waals surface area contributed by atoms with Crippen molar-refractivity contribution < 1.29 is 0 Å². The summed E-state index contributed by atoms with van der Waals surface area (Å²) in [5.41, 5.74) is 2.78. The Balaban J connectivity index is 2.05. The zero-order valence-corrected chi connectivity index (χ0v) is 13.8. The van der Waals surface area contributed by atoms with E-state index < -0.39 is 0 Å². The fourth-order valence-corrected chi connectivity index (χ4v) is 4.10. The van der Waals surface area contributed by atoms with Crippen LogP contribution in [0.15, 0.2) is 72.8 Å². The highest BCUT2D eigenvalue weighted by Gasteiger charge is 2.22. The number of hydrogen-bond donors (Lipinski definition) is 0. The lowest BCUT2D eigenvalue weighted by Crippen LogP contribution is -2.05. The van der Waals surface area contributed by atoms with Gasteiger partial charge in [-0.25, -0.2) is 0 Å². The van der Waals surface area contributed by atoms with Crippen LogP contribution in [0.5, 0.6) is 0 Å². The minimum atomic E-state index is 0.330. The summed E-state index contributed by atoms with van der Waals surface area (Å²) in [6.07, 6.45) is 1.11. The van der Waals surface area contributed by atoms with E-state index in [0.29, 0.717) is 10.7 Å². The zero-order chi connectivity index (χ0) is 14.7. The summed E-state index contributed by atoms with van der Waals surface area (Å²) < 4.78 is 0. The van der Waals surface area contributed by atoms with Crippen molar-refractivity contribution in [2.75, 3.05) is 0 Å². The molecule has 0 aliphatic heterocycles. The summed E-state index contributed by atoms with van der Waals surface area (Å²) in [5, 5.41) is 2.65. The van der Waals surface area contributed by atoms with Crippen LogP contribution < -0.4 is 0 Å². The third kappa shape index (κ3) is 2.89. The van der Waals surface area contributed by atoms with E-state index in [-0.39, 0.29) is 0 Å². The van der Waals surface area contributed by atoms with Gasteiger partial charge in [0.15, 0.2) is 0 Å². The van der Waals surface area contributed by atoms with Crippen molar-refractivity contribution in [1.82, 2.24) is 0 Å². The average Bonchev–Trinajstić information content (AvgIpc) is 2.56. The van der Waals surface area contributed by atoms with Crippen molar-refractivity contribution in [3.63, 3.8) is 0 Å². The minimum Gasteiger partial charge on any atom is -0.0832 e. The number of benzene rings is 3. The summed E-state index contributed by atoms with van der Waals surface area (Å²) in [6.45, 7) is 2.26. The maximum absolute atomic E-state index is 3.97. The monoisotopic (exact) mass is 338 g/mol. The van der Waals surface area contributed by atoms with Gasteiger partial charge < -0.3 is 0 Å². The summed E-state index contributed by atoms with van der Waals surface area (Å²) >= 11 is 3.97. The first-order chi connectivity index (χ1) is 10.3. The predicted molar refractivity (Wildman–Crippen MR) is 95.1 cm³/mol. The molecule has 0 aliphatic rings. The lowest BCUT2D eigenvalue weighted by Gasteiger charge is -2.23. The standard InChI is InChI=1S/C20H19Br/c1-2-17(15-9-4-3-5-10-15)20(21)19-14-8-12-16-11-6-7-13-18(16)19/h3-14,17,20H,2H2,1H3. The van der Waals surface area contributed by atoms with E-state index in [9.17, 15) is 0 Å². The number of rotatable bonds is 4. The summed E-state index contributed by atoms with van der Waals surface area (Å²) in [5.74, 6) is 0.483. The van der Waals surface area contributed by atoms with Crippen molar-refractivity contribution in [3.05, 3.63) is 83.9 Å². The van der Waals surface area contributed by atoms with Gasteiger partial charge in [-0.15, -0.1) is 0 Å². The molecule has 0 heterocycles. The Morgan fingerprint density at radius 1 is 0.810 bits per heavy atom. The Morgan fingerprint density at radius 2 is 1.48 bits per heavy atom. The molecule has 2 unspecified atom stereocenters. The largest absolute Gasteiger partial charge is 0.0832 e. The number of alkyl halides is 1. The fourth-order valence-electron chi connectivity index (χ4n) is 3.02. The van der Waals surface area contributed by atoms with Crippen LogP contribution in [0.1, 0.15) is 35.2 Å². The first kappa shape index (κ1) is 14.3. The molecule has 0 saturated carbocycles. The highest BCUT2D eigenvalue weighted by atomic mass is 79.9. The second kappa shape index (κ2) is 6.44. The second-order valence-electron chi connectivity index (χ2n) is 5.40. The van der Waals surface area contributed by atoms with Gasteiger partial charge in [-0.3, -0.25) is 0 Å². The Morgan fingerprint density at radius 3 is 2.24 bits per heavy atom. The van der Waals surface area contributed by atoms with Crippen LogP contribution in [0.2, 0.25) is 0 Å². The molecule has 3 aromatic carbocycles. The molecular weight excluding hydrogens is 320 g/mol. The molecule has 21 heavy (non-hydrogen) atoms. The van der Waals surface area contributed by atoms with E-state index in [4.69, 9.17) is 0 Å². The van der Waals surface area contributed by atoms with Crippen molar-refractivity contribution in [3.8, 4) is 0 Å². The summed E-state index contributed by atoms with van der Waals surface area (Å²) in [4.78, 5) is 0.330. The molecule has 0 radical (unpaired) electrons. The van der Waals surface area contributed by atoms with Crippen molar-refractivity contribution in [2.45, 2.75) is 24.1 Å². The molecule has 0 saturated heterocycles. The molecule has 0 bridgehead atoms. The maximum Gasteiger partial charge on any atom is 0.0469 e. The van der Waals surface area contributed by atoms with Crippen molar-refractivity contribution >= 4 is 26.7 Å². The number of hydrogen-bond acceptors (Lipinski definition) is 0. The molecule has 1 heteroatoms. The first-order valence-corrected chi connectivity index (χ1v) is 8.39. The number of fused-ring (bicyclic) bond motifs is 1. The molecule has 0 aliphatic carbocycles. The van der Waals surface area contributed by atoms with Crippen molar-refractivity contribution in [2.24, 2.45) is 0 Å². The highest BCUT2D eigenvalue weighted by molar-refractivity contribution is 9.09. The van der Waals surface area contributed by atoms with Gasteiger partial charge in [-0.1, -0.05) is 95.7 Å². The molecule has 106 valence electrons. The molecule has 3 rings (SSSR count). The van der Waals surface area contributed by atoms with Gasteiger partial charge in [0.1, 0.15) is 0 Å². The van der Waals surface area contributed by atoms with Crippen LogP contribution in [-0.2, 0) is 0 Å². The van der Waals surface area contributed by atoms with Gasteiger partial charge in [0, 0.05) is 10.7 Å². The van der Waals surface area contributed by atoms with Gasteiger partial charge in [0.2, 0.25) is 0 Å². The second-order valence-corrected chi connectivity index (χ2v) is 6.38. The lowest BCUT2D eigenvalue weighted by molar-refractivity contribution is 0.657. The quantitative estimate of drug-likeness (QED) is 0.478. The van der Waals surface area contributed by atoms with Crippen LogP contribution in [0.3, 0.4) is 0 Å². The predicted octanol–water partition coefficient (Wildman–Crippen LogP) is 6.47. The Hall–Kier alpha value is -1.60.